The van der Waals surface area contributed by atoms with Gasteiger partial charge in [-0.05, 0) is 0 Å². The molecule has 1 fully saturated rings. The van der Waals surface area contributed by atoms with Crippen molar-refractivity contribution in [3.63, 3.8) is 0 Å². The molecule has 1 aromatic heterocycles. The van der Waals surface area contributed by atoms with Crippen molar-refractivity contribution in [1.82, 2.24) is 4.98 Å². The Kier molecular flexibility index (Phi) is 1.93. The van der Waals surface area contributed by atoms with Crippen LogP contribution in [-0.4, -0.2) is 27.8 Å². The fourth-order valence-corrected chi connectivity index (χ4v) is 2.89. The molecule has 1 spiro atoms. The minimum atomic E-state index is -0.387. The number of esters is 1. The standard InChI is InChI=1S/C11H10AsNO2/c12-8-4-3-7-9(13-8)11(15-10(7)14)5-1-2-6-11/h3-4H,1-2,5-6H2. The molecule has 0 atom stereocenters. The van der Waals surface area contributed by atoms with Crippen LogP contribution in [0.1, 0.15) is 41.7 Å². The third-order valence-corrected chi connectivity index (χ3v) is 3.75. The van der Waals surface area contributed by atoms with E-state index >= 15 is 0 Å². The summed E-state index contributed by atoms with van der Waals surface area (Å²) in [5.41, 5.74) is 1.14. The predicted octanol–water partition coefficient (Wildman–Crippen LogP) is 0.815. The Hall–Kier alpha value is -0.822. The van der Waals surface area contributed by atoms with E-state index < -0.39 is 0 Å². The predicted molar refractivity (Wildman–Crippen MR) is 55.2 cm³/mol. The van der Waals surface area contributed by atoms with Crippen molar-refractivity contribution in [3.8, 4) is 0 Å². The van der Waals surface area contributed by atoms with Crippen LogP contribution in [0, 0.1) is 0 Å². The summed E-state index contributed by atoms with van der Waals surface area (Å²) < 4.78 is 6.42. The monoisotopic (exact) mass is 263 g/mol. The third-order valence-electron chi connectivity index (χ3n) is 3.23. The molecular weight excluding hydrogens is 253 g/mol. The van der Waals surface area contributed by atoms with Crippen LogP contribution >= 0.6 is 0 Å². The van der Waals surface area contributed by atoms with E-state index in [1.807, 2.05) is 12.1 Å². The second-order valence-corrected chi connectivity index (χ2v) is 5.12. The molecule has 76 valence electrons. The number of pyridine rings is 1. The van der Waals surface area contributed by atoms with Gasteiger partial charge in [-0.1, -0.05) is 0 Å². The van der Waals surface area contributed by atoms with Crippen LogP contribution in [0.15, 0.2) is 12.1 Å². The van der Waals surface area contributed by atoms with Crippen molar-refractivity contribution >= 4 is 27.3 Å². The van der Waals surface area contributed by atoms with Crippen LogP contribution in [-0.2, 0) is 10.3 Å². The molecule has 1 aliphatic heterocycles. The van der Waals surface area contributed by atoms with Crippen LogP contribution in [0.25, 0.3) is 0 Å². The van der Waals surface area contributed by atoms with Crippen molar-refractivity contribution in [1.29, 1.82) is 0 Å². The molecule has 1 saturated carbocycles. The van der Waals surface area contributed by atoms with E-state index in [2.05, 4.69) is 21.8 Å². The Balaban J connectivity index is 2.19. The SMILES string of the molecule is O=C1OC2(CCCC2)c2nc([As])ccc21. The maximum atomic E-state index is 11.7. The van der Waals surface area contributed by atoms with Gasteiger partial charge in [0.1, 0.15) is 0 Å². The van der Waals surface area contributed by atoms with Crippen molar-refractivity contribution in [2.75, 3.05) is 0 Å². The fraction of sp³-hybridized carbons (Fsp3) is 0.455. The van der Waals surface area contributed by atoms with Crippen molar-refractivity contribution in [2.45, 2.75) is 31.3 Å². The molecule has 15 heavy (non-hydrogen) atoms. The first kappa shape index (κ1) is 9.41. The summed E-state index contributed by atoms with van der Waals surface area (Å²) in [7, 11) is 0. The van der Waals surface area contributed by atoms with Gasteiger partial charge in [-0.2, -0.15) is 0 Å². The minimum absolute atomic E-state index is 0.202. The van der Waals surface area contributed by atoms with Gasteiger partial charge in [0.2, 0.25) is 0 Å². The van der Waals surface area contributed by atoms with E-state index in [1.165, 1.54) is 0 Å². The number of carbonyl (C=O) groups is 1. The van der Waals surface area contributed by atoms with E-state index in [9.17, 15) is 4.79 Å². The number of rotatable bonds is 0. The normalized spacial score (nSPS) is 21.8. The van der Waals surface area contributed by atoms with Crippen LogP contribution < -0.4 is 4.48 Å². The first-order chi connectivity index (χ1) is 7.21. The molecule has 0 N–H and O–H groups in total. The summed E-state index contributed by atoms with van der Waals surface area (Å²) in [4.78, 5) is 16.1. The van der Waals surface area contributed by atoms with Gasteiger partial charge in [0, 0.05) is 0 Å². The number of fused-ring (bicyclic) bond motifs is 2. The van der Waals surface area contributed by atoms with E-state index in [0.29, 0.717) is 5.56 Å². The third kappa shape index (κ3) is 1.26. The zero-order valence-electron chi connectivity index (χ0n) is 8.19. The molecule has 0 saturated heterocycles. The first-order valence-corrected chi connectivity index (χ1v) is 6.09. The molecule has 3 nitrogen and oxygen atoms in total. The summed E-state index contributed by atoms with van der Waals surface area (Å²) >= 11 is 2.41. The molecule has 0 aromatic carbocycles. The summed E-state index contributed by atoms with van der Waals surface area (Å²) in [6.45, 7) is 0. The molecule has 2 heterocycles. The van der Waals surface area contributed by atoms with Crippen LogP contribution in [0.3, 0.4) is 0 Å². The van der Waals surface area contributed by atoms with Gasteiger partial charge in [0.05, 0.1) is 0 Å². The Bertz CT molecular complexity index is 438. The summed E-state index contributed by atoms with van der Waals surface area (Å²) in [6, 6.07) is 3.67. The second kappa shape index (κ2) is 3.08. The van der Waals surface area contributed by atoms with Gasteiger partial charge in [0.15, 0.2) is 0 Å². The van der Waals surface area contributed by atoms with Gasteiger partial charge < -0.3 is 0 Å². The number of carbonyl (C=O) groups excluding carboxylic acids is 1. The van der Waals surface area contributed by atoms with Crippen molar-refractivity contribution in [2.24, 2.45) is 0 Å². The van der Waals surface area contributed by atoms with Gasteiger partial charge in [0.25, 0.3) is 0 Å². The number of nitrogens with zero attached hydrogens (tertiary/aromatic N) is 1. The van der Waals surface area contributed by atoms with Gasteiger partial charge >= 0.3 is 96.5 Å². The van der Waals surface area contributed by atoms with Crippen LogP contribution in [0.4, 0.5) is 0 Å². The van der Waals surface area contributed by atoms with Gasteiger partial charge in [-0.15, -0.1) is 0 Å². The molecule has 3 rings (SSSR count). The number of ether oxygens (including phenoxy) is 1. The van der Waals surface area contributed by atoms with Crippen LogP contribution in [0.5, 0.6) is 0 Å². The molecule has 2 radical (unpaired) electrons. The Morgan fingerprint density at radius 1 is 1.33 bits per heavy atom. The average molecular weight is 263 g/mol. The topological polar surface area (TPSA) is 39.2 Å². The quantitative estimate of drug-likeness (QED) is 0.513. The molecule has 0 unspecified atom stereocenters. The molecule has 1 aromatic rings. The van der Waals surface area contributed by atoms with Crippen molar-refractivity contribution in [3.05, 3.63) is 23.4 Å². The number of hydrogen-bond donors (Lipinski definition) is 0. The summed E-state index contributed by atoms with van der Waals surface area (Å²) in [5.74, 6) is -0.202. The molecule has 2 aliphatic rings. The number of aromatic nitrogens is 1. The summed E-state index contributed by atoms with van der Waals surface area (Å²) in [5, 5.41) is 0. The average Bonchev–Trinajstić information content (AvgIpc) is 2.76. The number of hydrogen-bond acceptors (Lipinski definition) is 3. The Labute approximate surface area is 96.7 Å². The maximum absolute atomic E-state index is 11.7. The zero-order chi connectivity index (χ0) is 10.5. The zero-order valence-corrected chi connectivity index (χ0v) is 10.1. The molecule has 1 aliphatic carbocycles. The molecule has 4 heteroatoms. The first-order valence-electron chi connectivity index (χ1n) is 5.15. The van der Waals surface area contributed by atoms with Gasteiger partial charge in [-0.3, -0.25) is 0 Å². The summed E-state index contributed by atoms with van der Waals surface area (Å²) in [6.07, 6.45) is 4.10. The van der Waals surface area contributed by atoms with E-state index in [0.717, 1.165) is 35.9 Å². The Morgan fingerprint density at radius 3 is 2.80 bits per heavy atom. The van der Waals surface area contributed by atoms with Crippen LogP contribution in [0.2, 0.25) is 0 Å². The molecular formula is C11H10AsNO2. The van der Waals surface area contributed by atoms with Crippen molar-refractivity contribution < 1.29 is 9.53 Å². The van der Waals surface area contributed by atoms with E-state index in [1.54, 1.807) is 0 Å². The molecule has 0 bridgehead atoms. The van der Waals surface area contributed by atoms with E-state index in [-0.39, 0.29) is 11.6 Å². The van der Waals surface area contributed by atoms with E-state index in [4.69, 9.17) is 4.74 Å². The molecule has 0 amide bonds. The fourth-order valence-electron chi connectivity index (χ4n) is 2.53. The second-order valence-electron chi connectivity index (χ2n) is 4.16. The Morgan fingerprint density at radius 2 is 2.07 bits per heavy atom. The van der Waals surface area contributed by atoms with Gasteiger partial charge in [-0.25, -0.2) is 0 Å².